The Balaban J connectivity index is 3.07. The van der Waals surface area contributed by atoms with E-state index in [-0.39, 0.29) is 6.54 Å². The van der Waals surface area contributed by atoms with E-state index in [2.05, 4.69) is 8.92 Å². The highest BCUT2D eigenvalue weighted by Gasteiger charge is 2.49. The Morgan fingerprint density at radius 2 is 1.92 bits per heavy atom. The lowest BCUT2D eigenvalue weighted by molar-refractivity contribution is -0.136. The van der Waals surface area contributed by atoms with Gasteiger partial charge in [-0.15, -0.1) is 0 Å². The van der Waals surface area contributed by atoms with Crippen LogP contribution in [0, 0.1) is 0 Å². The van der Waals surface area contributed by atoms with Crippen LogP contribution in [0.25, 0.3) is 0 Å². The van der Waals surface area contributed by atoms with E-state index in [1.54, 1.807) is 13.8 Å². The number of nitrogens with zero attached hydrogens (tertiary/aromatic N) is 1. The molecule has 0 spiro atoms. The molecule has 1 unspecified atom stereocenters. The van der Waals surface area contributed by atoms with Crippen molar-refractivity contribution in [2.75, 3.05) is 20.2 Å². The molecule has 25 heavy (non-hydrogen) atoms. The summed E-state index contributed by atoms with van der Waals surface area (Å²) < 4.78 is 73.2. The normalized spacial score (nSPS) is 17.1. The Morgan fingerprint density at radius 1 is 1.32 bits per heavy atom. The summed E-state index contributed by atoms with van der Waals surface area (Å²) in [7, 11) is -4.97. The maximum absolute atomic E-state index is 12.4. The van der Waals surface area contributed by atoms with Gasteiger partial charge in [0, 0.05) is 13.0 Å². The number of alkyl halides is 3. The Morgan fingerprint density at radius 3 is 2.40 bits per heavy atom. The van der Waals surface area contributed by atoms with E-state index in [0.29, 0.717) is 6.42 Å². The van der Waals surface area contributed by atoms with Crippen molar-refractivity contribution in [2.24, 2.45) is 0 Å². The SMILES string of the molecule is CCC(C)OC(=O)N1CCC(OS(=O)(=O)C(F)(F)F)=C(C(=O)OC)C1. The van der Waals surface area contributed by atoms with Gasteiger partial charge in [-0.2, -0.15) is 21.6 Å². The molecule has 1 aliphatic heterocycles. The standard InChI is InChI=1S/C13H18F3NO7S/c1-4-8(2)23-12(19)17-6-5-10(9(7-17)11(18)22-3)24-25(20,21)13(14,15)16/h8H,4-7H2,1-3H3. The van der Waals surface area contributed by atoms with Crippen LogP contribution in [0.15, 0.2) is 11.3 Å². The molecule has 0 fully saturated rings. The summed E-state index contributed by atoms with van der Waals surface area (Å²) in [5.41, 5.74) is -6.14. The molecule has 0 saturated heterocycles. The molecule has 1 heterocycles. The van der Waals surface area contributed by atoms with Crippen LogP contribution in [-0.4, -0.2) is 57.2 Å². The number of carbonyl (C=O) groups excluding carboxylic acids is 2. The number of methoxy groups -OCH3 is 1. The van der Waals surface area contributed by atoms with Crippen molar-refractivity contribution in [3.05, 3.63) is 11.3 Å². The van der Waals surface area contributed by atoms with Crippen molar-refractivity contribution in [1.82, 2.24) is 4.90 Å². The average molecular weight is 389 g/mol. The minimum Gasteiger partial charge on any atom is -0.466 e. The molecule has 144 valence electrons. The quantitative estimate of drug-likeness (QED) is 0.402. The van der Waals surface area contributed by atoms with Gasteiger partial charge in [-0.05, 0) is 13.3 Å². The molecular weight excluding hydrogens is 371 g/mol. The summed E-state index contributed by atoms with van der Waals surface area (Å²) in [5, 5.41) is 0. The van der Waals surface area contributed by atoms with Gasteiger partial charge in [-0.3, -0.25) is 0 Å². The van der Waals surface area contributed by atoms with Crippen molar-refractivity contribution in [3.63, 3.8) is 0 Å². The molecule has 0 aromatic heterocycles. The highest BCUT2D eigenvalue weighted by atomic mass is 32.2. The highest BCUT2D eigenvalue weighted by molar-refractivity contribution is 7.87. The van der Waals surface area contributed by atoms with Gasteiger partial charge in [0.2, 0.25) is 0 Å². The van der Waals surface area contributed by atoms with E-state index < -0.39 is 58.1 Å². The lowest BCUT2D eigenvalue weighted by Gasteiger charge is -2.29. The summed E-state index contributed by atoms with van der Waals surface area (Å²) in [6.07, 6.45) is -1.07. The van der Waals surface area contributed by atoms with Gasteiger partial charge in [-0.25, -0.2) is 9.59 Å². The van der Waals surface area contributed by atoms with E-state index >= 15 is 0 Å². The molecule has 12 heteroatoms. The zero-order chi connectivity index (χ0) is 19.4. The smallest absolute Gasteiger partial charge is 0.466 e. The Labute approximate surface area is 142 Å². The van der Waals surface area contributed by atoms with Crippen LogP contribution in [-0.2, 0) is 28.6 Å². The largest absolute Gasteiger partial charge is 0.534 e. The van der Waals surface area contributed by atoms with Crippen LogP contribution in [0.3, 0.4) is 0 Å². The number of esters is 1. The molecule has 0 radical (unpaired) electrons. The molecule has 1 amide bonds. The van der Waals surface area contributed by atoms with Crippen LogP contribution < -0.4 is 0 Å². The summed E-state index contributed by atoms with van der Waals surface area (Å²) in [5.74, 6) is -1.81. The van der Waals surface area contributed by atoms with Crippen LogP contribution in [0.5, 0.6) is 0 Å². The van der Waals surface area contributed by atoms with Gasteiger partial charge in [-0.1, -0.05) is 6.92 Å². The first-order valence-electron chi connectivity index (χ1n) is 7.19. The fourth-order valence-corrected chi connectivity index (χ4v) is 2.35. The second kappa shape index (κ2) is 7.93. The van der Waals surface area contributed by atoms with E-state index in [9.17, 15) is 31.2 Å². The minimum absolute atomic E-state index is 0.182. The molecule has 1 rings (SSSR count). The Kier molecular flexibility index (Phi) is 6.68. The zero-order valence-corrected chi connectivity index (χ0v) is 14.6. The number of amides is 1. The second-order valence-electron chi connectivity index (χ2n) is 5.15. The van der Waals surface area contributed by atoms with Crippen molar-refractivity contribution in [2.45, 2.75) is 38.3 Å². The monoisotopic (exact) mass is 389 g/mol. The van der Waals surface area contributed by atoms with Crippen molar-refractivity contribution < 1.29 is 44.8 Å². The molecule has 0 N–H and O–H groups in total. The van der Waals surface area contributed by atoms with Crippen LogP contribution in [0.2, 0.25) is 0 Å². The van der Waals surface area contributed by atoms with Gasteiger partial charge < -0.3 is 18.6 Å². The molecular formula is C13H18F3NO7S. The topological polar surface area (TPSA) is 99.2 Å². The first-order valence-corrected chi connectivity index (χ1v) is 8.60. The molecule has 0 saturated carbocycles. The lowest BCUT2D eigenvalue weighted by atomic mass is 10.1. The van der Waals surface area contributed by atoms with Crippen LogP contribution in [0.4, 0.5) is 18.0 Å². The third kappa shape index (κ3) is 5.25. The first kappa shape index (κ1) is 21.1. The lowest BCUT2D eigenvalue weighted by Crippen LogP contribution is -2.41. The van der Waals surface area contributed by atoms with Crippen LogP contribution >= 0.6 is 0 Å². The fraction of sp³-hybridized carbons (Fsp3) is 0.692. The molecule has 1 atom stereocenters. The van der Waals surface area contributed by atoms with E-state index in [4.69, 9.17) is 4.74 Å². The van der Waals surface area contributed by atoms with Crippen molar-refractivity contribution in [1.29, 1.82) is 0 Å². The van der Waals surface area contributed by atoms with E-state index in [0.717, 1.165) is 12.0 Å². The second-order valence-corrected chi connectivity index (χ2v) is 6.69. The summed E-state index contributed by atoms with van der Waals surface area (Å²) in [4.78, 5) is 24.8. The Bertz CT molecular complexity index is 657. The molecule has 1 aliphatic rings. The summed E-state index contributed by atoms with van der Waals surface area (Å²) >= 11 is 0. The molecule has 0 aromatic rings. The third-order valence-electron chi connectivity index (χ3n) is 3.36. The van der Waals surface area contributed by atoms with Gasteiger partial charge in [0.1, 0.15) is 11.9 Å². The van der Waals surface area contributed by atoms with E-state index in [1.807, 2.05) is 0 Å². The number of carbonyl (C=O) groups is 2. The number of ether oxygens (including phenoxy) is 2. The van der Waals surface area contributed by atoms with Crippen molar-refractivity contribution in [3.8, 4) is 0 Å². The third-order valence-corrected chi connectivity index (χ3v) is 4.34. The number of halogens is 3. The Hall–Kier alpha value is -1.98. The molecule has 8 nitrogen and oxygen atoms in total. The molecule has 0 aliphatic carbocycles. The summed E-state index contributed by atoms with van der Waals surface area (Å²) in [6, 6.07) is 0. The minimum atomic E-state index is -5.93. The van der Waals surface area contributed by atoms with E-state index in [1.165, 1.54) is 0 Å². The van der Waals surface area contributed by atoms with Gasteiger partial charge in [0.25, 0.3) is 0 Å². The van der Waals surface area contributed by atoms with Gasteiger partial charge in [0.15, 0.2) is 0 Å². The zero-order valence-electron chi connectivity index (χ0n) is 13.8. The first-order chi connectivity index (χ1) is 11.4. The predicted molar refractivity (Wildman–Crippen MR) is 77.5 cm³/mol. The number of rotatable bonds is 5. The van der Waals surface area contributed by atoms with Gasteiger partial charge in [0.05, 0.1) is 19.2 Å². The highest BCUT2D eigenvalue weighted by Crippen LogP contribution is 2.30. The van der Waals surface area contributed by atoms with Crippen molar-refractivity contribution >= 4 is 22.2 Å². The molecule has 0 aromatic carbocycles. The number of hydrogen-bond donors (Lipinski definition) is 0. The fourth-order valence-electron chi connectivity index (χ4n) is 1.80. The number of hydrogen-bond acceptors (Lipinski definition) is 7. The maximum atomic E-state index is 12.4. The van der Waals surface area contributed by atoms with Crippen LogP contribution in [0.1, 0.15) is 26.7 Å². The predicted octanol–water partition coefficient (Wildman–Crippen LogP) is 1.92. The summed E-state index contributed by atoms with van der Waals surface area (Å²) in [6.45, 7) is 2.74. The van der Waals surface area contributed by atoms with Gasteiger partial charge >= 0.3 is 27.7 Å². The molecule has 0 bridgehead atoms. The maximum Gasteiger partial charge on any atom is 0.534 e. The average Bonchev–Trinajstić information content (AvgIpc) is 2.52.